The molecule has 3 aromatic rings. The van der Waals surface area contributed by atoms with E-state index in [1.165, 1.54) is 11.3 Å². The van der Waals surface area contributed by atoms with Crippen molar-refractivity contribution in [1.82, 2.24) is 25.1 Å². The van der Waals surface area contributed by atoms with E-state index in [1.54, 1.807) is 30.9 Å². The summed E-state index contributed by atoms with van der Waals surface area (Å²) in [5, 5.41) is 10.1. The van der Waals surface area contributed by atoms with Gasteiger partial charge in [0, 0.05) is 11.7 Å². The maximum Gasteiger partial charge on any atom is 0.266 e. The Hall–Kier alpha value is -3.07. The van der Waals surface area contributed by atoms with Crippen molar-refractivity contribution in [2.45, 2.75) is 44.7 Å². The largest absolute Gasteiger partial charge is 0.349 e. The van der Waals surface area contributed by atoms with Gasteiger partial charge in [-0.25, -0.2) is 14.6 Å². The first-order valence-electron chi connectivity index (χ1n) is 9.58. The Labute approximate surface area is 172 Å². The molecule has 3 aromatic heterocycles. The summed E-state index contributed by atoms with van der Waals surface area (Å²) in [6.07, 6.45) is 7.00. The number of thiophene rings is 1. The third-order valence-electron chi connectivity index (χ3n) is 5.03. The van der Waals surface area contributed by atoms with E-state index in [2.05, 4.69) is 25.7 Å². The Morgan fingerprint density at radius 2 is 1.83 bits per heavy atom. The van der Waals surface area contributed by atoms with Crippen molar-refractivity contribution in [3.8, 4) is 0 Å². The minimum atomic E-state index is -0.263. The van der Waals surface area contributed by atoms with E-state index in [-0.39, 0.29) is 17.9 Å². The minimum absolute atomic E-state index is 0.132. The molecule has 150 valence electrons. The molecule has 1 aliphatic rings. The number of nitrogens with one attached hydrogen (secondary N) is 2. The molecule has 1 saturated carbocycles. The van der Waals surface area contributed by atoms with Crippen LogP contribution in [0.4, 0.5) is 5.82 Å². The molecule has 0 spiro atoms. The number of rotatable bonds is 5. The van der Waals surface area contributed by atoms with Gasteiger partial charge >= 0.3 is 0 Å². The van der Waals surface area contributed by atoms with Crippen LogP contribution < -0.4 is 10.6 Å². The Morgan fingerprint density at radius 1 is 1.07 bits per heavy atom. The molecule has 9 heteroatoms. The molecule has 0 saturated heterocycles. The number of pyridine rings is 1. The maximum absolute atomic E-state index is 12.6. The first-order chi connectivity index (χ1) is 14.1. The second kappa shape index (κ2) is 8.52. The van der Waals surface area contributed by atoms with E-state index in [0.717, 1.165) is 31.4 Å². The third-order valence-corrected chi connectivity index (χ3v) is 6.11. The first kappa shape index (κ1) is 19.3. The van der Waals surface area contributed by atoms with Crippen LogP contribution in [-0.4, -0.2) is 37.6 Å². The number of carbonyl (C=O) groups is 2. The summed E-state index contributed by atoms with van der Waals surface area (Å²) >= 11 is 1.19. The number of carbonyl (C=O) groups excluding carboxylic acids is 2. The molecule has 0 radical (unpaired) electrons. The smallest absolute Gasteiger partial charge is 0.266 e. The molecular formula is C20H22N6O2S. The zero-order chi connectivity index (χ0) is 20.2. The Kier molecular flexibility index (Phi) is 5.66. The molecule has 3 heterocycles. The standard InChI is InChI=1S/C20H22N6O2S/c1-13-3-2-4-18(23-13)25-20(28)17-10-9-16(29-17)19(27)24-14-5-7-15(8-6-14)26-12-21-11-22-26/h2-4,9-12,14-15H,5-8H2,1H3,(H,24,27)(H,23,25,28). The fraction of sp³-hybridized carbons (Fsp3) is 0.350. The van der Waals surface area contributed by atoms with Crippen LogP contribution in [-0.2, 0) is 0 Å². The van der Waals surface area contributed by atoms with Gasteiger partial charge in [-0.15, -0.1) is 11.3 Å². The van der Waals surface area contributed by atoms with Gasteiger partial charge in [0.25, 0.3) is 11.8 Å². The van der Waals surface area contributed by atoms with Gasteiger partial charge < -0.3 is 10.6 Å². The zero-order valence-corrected chi connectivity index (χ0v) is 16.9. The topological polar surface area (TPSA) is 102 Å². The molecule has 0 aliphatic heterocycles. The highest BCUT2D eigenvalue weighted by atomic mass is 32.1. The van der Waals surface area contributed by atoms with E-state index in [4.69, 9.17) is 0 Å². The number of hydrogen-bond donors (Lipinski definition) is 2. The van der Waals surface area contributed by atoms with Crippen LogP contribution in [0.3, 0.4) is 0 Å². The summed E-state index contributed by atoms with van der Waals surface area (Å²) in [5.41, 5.74) is 0.826. The number of amides is 2. The van der Waals surface area contributed by atoms with Crippen molar-refractivity contribution in [1.29, 1.82) is 0 Å². The summed E-state index contributed by atoms with van der Waals surface area (Å²) < 4.78 is 1.89. The number of anilines is 1. The summed E-state index contributed by atoms with van der Waals surface area (Å²) in [5.74, 6) is 0.103. The van der Waals surface area contributed by atoms with Crippen LogP contribution >= 0.6 is 11.3 Å². The van der Waals surface area contributed by atoms with Crippen LogP contribution in [0, 0.1) is 6.92 Å². The molecule has 8 nitrogen and oxygen atoms in total. The average molecular weight is 411 g/mol. The highest BCUT2D eigenvalue weighted by Crippen LogP contribution is 2.28. The highest BCUT2D eigenvalue weighted by molar-refractivity contribution is 7.16. The van der Waals surface area contributed by atoms with Gasteiger partial charge in [-0.2, -0.15) is 5.10 Å². The summed E-state index contributed by atoms with van der Waals surface area (Å²) in [7, 11) is 0. The van der Waals surface area contributed by atoms with Gasteiger partial charge in [-0.3, -0.25) is 9.59 Å². The normalized spacial score (nSPS) is 18.9. The zero-order valence-electron chi connectivity index (χ0n) is 16.0. The maximum atomic E-state index is 12.6. The molecule has 2 N–H and O–H groups in total. The molecule has 0 aromatic carbocycles. The molecule has 2 amide bonds. The van der Waals surface area contributed by atoms with Gasteiger partial charge in [-0.1, -0.05) is 6.07 Å². The van der Waals surface area contributed by atoms with Crippen molar-refractivity contribution in [2.75, 3.05) is 5.32 Å². The van der Waals surface area contributed by atoms with Crippen LogP contribution in [0.5, 0.6) is 0 Å². The molecule has 0 bridgehead atoms. The fourth-order valence-corrected chi connectivity index (χ4v) is 4.32. The third kappa shape index (κ3) is 4.68. The molecule has 1 fully saturated rings. The Morgan fingerprint density at radius 3 is 2.52 bits per heavy atom. The summed E-state index contributed by atoms with van der Waals surface area (Å²) in [4.78, 5) is 34.3. The average Bonchev–Trinajstić information content (AvgIpc) is 3.41. The second-order valence-corrected chi connectivity index (χ2v) is 8.22. The van der Waals surface area contributed by atoms with E-state index >= 15 is 0 Å². The van der Waals surface area contributed by atoms with Gasteiger partial charge in [0.05, 0.1) is 15.8 Å². The highest BCUT2D eigenvalue weighted by Gasteiger charge is 2.25. The summed E-state index contributed by atoms with van der Waals surface area (Å²) in [6.45, 7) is 1.86. The number of hydrogen-bond acceptors (Lipinski definition) is 6. The van der Waals surface area contributed by atoms with Crippen molar-refractivity contribution in [2.24, 2.45) is 0 Å². The lowest BCUT2D eigenvalue weighted by Crippen LogP contribution is -2.37. The molecule has 29 heavy (non-hydrogen) atoms. The lowest BCUT2D eigenvalue weighted by molar-refractivity contribution is 0.0925. The lowest BCUT2D eigenvalue weighted by atomic mass is 9.91. The van der Waals surface area contributed by atoms with Crippen LogP contribution in [0.25, 0.3) is 0 Å². The molecule has 0 atom stereocenters. The molecule has 1 aliphatic carbocycles. The molecular weight excluding hydrogens is 388 g/mol. The van der Waals surface area contributed by atoms with E-state index in [1.807, 2.05) is 23.7 Å². The Balaban J connectivity index is 1.31. The number of nitrogens with zero attached hydrogens (tertiary/aromatic N) is 4. The quantitative estimate of drug-likeness (QED) is 0.672. The van der Waals surface area contributed by atoms with E-state index in [9.17, 15) is 9.59 Å². The van der Waals surface area contributed by atoms with Gasteiger partial charge in [-0.05, 0) is 56.9 Å². The van der Waals surface area contributed by atoms with Crippen molar-refractivity contribution in [3.63, 3.8) is 0 Å². The molecule has 0 unspecified atom stereocenters. The SMILES string of the molecule is Cc1cccc(NC(=O)c2ccc(C(=O)NC3CCC(n4cncn4)CC3)s2)n1. The molecule has 4 rings (SSSR count). The van der Waals surface area contributed by atoms with Crippen LogP contribution in [0.2, 0.25) is 0 Å². The van der Waals surface area contributed by atoms with Crippen molar-refractivity contribution in [3.05, 3.63) is 58.4 Å². The van der Waals surface area contributed by atoms with Crippen molar-refractivity contribution < 1.29 is 9.59 Å². The van der Waals surface area contributed by atoms with Gasteiger partial charge in [0.15, 0.2) is 0 Å². The van der Waals surface area contributed by atoms with E-state index < -0.39 is 0 Å². The van der Waals surface area contributed by atoms with Crippen molar-refractivity contribution >= 4 is 29.0 Å². The first-order valence-corrected chi connectivity index (χ1v) is 10.4. The number of aryl methyl sites for hydroxylation is 1. The minimum Gasteiger partial charge on any atom is -0.349 e. The van der Waals surface area contributed by atoms with Crippen LogP contribution in [0.1, 0.15) is 56.8 Å². The lowest BCUT2D eigenvalue weighted by Gasteiger charge is -2.28. The Bertz CT molecular complexity index is 992. The van der Waals surface area contributed by atoms with Gasteiger partial charge in [0.1, 0.15) is 18.5 Å². The summed E-state index contributed by atoms with van der Waals surface area (Å²) in [6, 6.07) is 9.29. The van der Waals surface area contributed by atoms with Gasteiger partial charge in [0.2, 0.25) is 0 Å². The van der Waals surface area contributed by atoms with E-state index in [0.29, 0.717) is 21.6 Å². The fourth-order valence-electron chi connectivity index (χ4n) is 3.52. The number of aromatic nitrogens is 4. The van der Waals surface area contributed by atoms with Crippen LogP contribution in [0.15, 0.2) is 43.0 Å². The predicted molar refractivity (Wildman–Crippen MR) is 110 cm³/mol. The predicted octanol–water partition coefficient (Wildman–Crippen LogP) is 3.21. The second-order valence-electron chi connectivity index (χ2n) is 7.14. The monoisotopic (exact) mass is 410 g/mol.